The van der Waals surface area contributed by atoms with E-state index in [1.165, 1.54) is 0 Å². The highest BCUT2D eigenvalue weighted by Gasteiger charge is 2.16. The van der Waals surface area contributed by atoms with E-state index in [1.54, 1.807) is 10.9 Å². The summed E-state index contributed by atoms with van der Waals surface area (Å²) in [6, 6.07) is 9.96. The molecule has 0 aliphatic rings. The zero-order chi connectivity index (χ0) is 14.5. The molecular weight excluding hydrogens is 318 g/mol. The average molecular weight is 336 g/mol. The van der Waals surface area contributed by atoms with Crippen LogP contribution in [0.2, 0.25) is 0 Å². The molecule has 0 saturated carbocycles. The SMILES string of the molecule is CC(Cn1cc(Br)cn1)C(=O)NC(C)c1ccccc1. The minimum absolute atomic E-state index is 0.00973. The van der Waals surface area contributed by atoms with Gasteiger partial charge < -0.3 is 5.32 Å². The van der Waals surface area contributed by atoms with Gasteiger partial charge in [0, 0.05) is 6.20 Å². The molecule has 0 spiro atoms. The van der Waals surface area contributed by atoms with Gasteiger partial charge in [0.2, 0.25) is 5.91 Å². The molecule has 1 heterocycles. The lowest BCUT2D eigenvalue weighted by atomic mass is 10.1. The van der Waals surface area contributed by atoms with Crippen molar-refractivity contribution in [1.29, 1.82) is 0 Å². The first kappa shape index (κ1) is 14.8. The van der Waals surface area contributed by atoms with Crippen LogP contribution < -0.4 is 5.32 Å². The van der Waals surface area contributed by atoms with Gasteiger partial charge in [-0.3, -0.25) is 9.48 Å². The Labute approximate surface area is 127 Å². The van der Waals surface area contributed by atoms with Crippen molar-refractivity contribution in [3.63, 3.8) is 0 Å². The first-order chi connectivity index (χ1) is 9.56. The molecular formula is C15H18BrN3O. The molecule has 2 atom stereocenters. The van der Waals surface area contributed by atoms with Crippen molar-refractivity contribution in [2.75, 3.05) is 0 Å². The number of halogens is 1. The van der Waals surface area contributed by atoms with Crippen LogP contribution in [0.1, 0.15) is 25.5 Å². The molecule has 5 heteroatoms. The van der Waals surface area contributed by atoms with Gasteiger partial charge in [0.15, 0.2) is 0 Å². The number of carbonyl (C=O) groups excluding carboxylic acids is 1. The highest BCUT2D eigenvalue weighted by Crippen LogP contribution is 2.13. The minimum atomic E-state index is -0.132. The van der Waals surface area contributed by atoms with Crippen LogP contribution >= 0.6 is 15.9 Å². The largest absolute Gasteiger partial charge is 0.349 e. The van der Waals surface area contributed by atoms with Gasteiger partial charge in [-0.1, -0.05) is 37.3 Å². The first-order valence-corrected chi connectivity index (χ1v) is 7.39. The van der Waals surface area contributed by atoms with Crippen LogP contribution in [0.5, 0.6) is 0 Å². The van der Waals surface area contributed by atoms with Crippen molar-refractivity contribution in [2.24, 2.45) is 5.92 Å². The van der Waals surface area contributed by atoms with Crippen molar-refractivity contribution in [3.8, 4) is 0 Å². The van der Waals surface area contributed by atoms with Crippen molar-refractivity contribution in [2.45, 2.75) is 26.4 Å². The molecule has 2 rings (SSSR count). The lowest BCUT2D eigenvalue weighted by Crippen LogP contribution is -2.33. The van der Waals surface area contributed by atoms with Gasteiger partial charge in [0.25, 0.3) is 0 Å². The number of hydrogen-bond donors (Lipinski definition) is 1. The summed E-state index contributed by atoms with van der Waals surface area (Å²) in [5, 5.41) is 7.20. The molecule has 0 saturated heterocycles. The van der Waals surface area contributed by atoms with Crippen molar-refractivity contribution in [1.82, 2.24) is 15.1 Å². The van der Waals surface area contributed by atoms with Crippen LogP contribution in [0.15, 0.2) is 47.2 Å². The van der Waals surface area contributed by atoms with Gasteiger partial charge in [-0.25, -0.2) is 0 Å². The van der Waals surface area contributed by atoms with E-state index in [2.05, 4.69) is 26.3 Å². The zero-order valence-electron chi connectivity index (χ0n) is 11.6. The summed E-state index contributed by atoms with van der Waals surface area (Å²) in [5.74, 6) is -0.0964. The molecule has 106 valence electrons. The third-order valence-electron chi connectivity index (χ3n) is 3.17. The Balaban J connectivity index is 1.91. The second kappa shape index (κ2) is 6.70. The van der Waals surface area contributed by atoms with E-state index >= 15 is 0 Å². The molecule has 4 nitrogen and oxygen atoms in total. The predicted molar refractivity (Wildman–Crippen MR) is 82.1 cm³/mol. The number of nitrogens with one attached hydrogen (secondary N) is 1. The molecule has 2 aromatic rings. The van der Waals surface area contributed by atoms with E-state index in [0.29, 0.717) is 6.54 Å². The lowest BCUT2D eigenvalue weighted by molar-refractivity contribution is -0.125. The van der Waals surface area contributed by atoms with Crippen LogP contribution in [0, 0.1) is 5.92 Å². The Morgan fingerprint density at radius 2 is 2.05 bits per heavy atom. The van der Waals surface area contributed by atoms with E-state index in [-0.39, 0.29) is 17.9 Å². The highest BCUT2D eigenvalue weighted by molar-refractivity contribution is 9.10. The normalized spacial score (nSPS) is 13.8. The minimum Gasteiger partial charge on any atom is -0.349 e. The van der Waals surface area contributed by atoms with E-state index in [0.717, 1.165) is 10.0 Å². The van der Waals surface area contributed by atoms with Gasteiger partial charge in [0.1, 0.15) is 0 Å². The third-order valence-corrected chi connectivity index (χ3v) is 3.58. The molecule has 0 fully saturated rings. The highest BCUT2D eigenvalue weighted by atomic mass is 79.9. The number of rotatable bonds is 5. The van der Waals surface area contributed by atoms with E-state index in [4.69, 9.17) is 0 Å². The van der Waals surface area contributed by atoms with Crippen LogP contribution in [0.4, 0.5) is 0 Å². The quantitative estimate of drug-likeness (QED) is 0.912. The maximum Gasteiger partial charge on any atom is 0.225 e. The summed E-state index contributed by atoms with van der Waals surface area (Å²) in [7, 11) is 0. The fraction of sp³-hybridized carbons (Fsp3) is 0.333. The number of hydrogen-bond acceptors (Lipinski definition) is 2. The van der Waals surface area contributed by atoms with Crippen molar-refractivity contribution in [3.05, 3.63) is 52.8 Å². The van der Waals surface area contributed by atoms with Gasteiger partial charge in [0.05, 0.1) is 29.2 Å². The zero-order valence-corrected chi connectivity index (χ0v) is 13.2. The monoisotopic (exact) mass is 335 g/mol. The summed E-state index contributed by atoms with van der Waals surface area (Å²) >= 11 is 3.35. The van der Waals surface area contributed by atoms with E-state index in [9.17, 15) is 4.79 Å². The van der Waals surface area contributed by atoms with Crippen LogP contribution in [0.3, 0.4) is 0 Å². The van der Waals surface area contributed by atoms with E-state index < -0.39 is 0 Å². The van der Waals surface area contributed by atoms with Gasteiger partial charge in [-0.2, -0.15) is 5.10 Å². The standard InChI is InChI=1S/C15H18BrN3O/c1-11(9-19-10-14(16)8-17-19)15(20)18-12(2)13-6-4-3-5-7-13/h3-8,10-12H,9H2,1-2H3,(H,18,20). The Morgan fingerprint density at radius 3 is 2.65 bits per heavy atom. The molecule has 1 aromatic carbocycles. The lowest BCUT2D eigenvalue weighted by Gasteiger charge is -2.18. The molecule has 20 heavy (non-hydrogen) atoms. The van der Waals surface area contributed by atoms with Gasteiger partial charge in [-0.05, 0) is 28.4 Å². The Bertz CT molecular complexity index is 568. The summed E-state index contributed by atoms with van der Waals surface area (Å²) in [4.78, 5) is 12.2. The molecule has 1 aromatic heterocycles. The van der Waals surface area contributed by atoms with Crippen molar-refractivity contribution < 1.29 is 4.79 Å². The second-order valence-corrected chi connectivity index (χ2v) is 5.84. The average Bonchev–Trinajstić information content (AvgIpc) is 2.85. The molecule has 0 radical (unpaired) electrons. The number of benzene rings is 1. The Hall–Kier alpha value is -1.62. The number of aromatic nitrogens is 2. The summed E-state index contributed by atoms with van der Waals surface area (Å²) in [6.07, 6.45) is 3.58. The number of carbonyl (C=O) groups is 1. The fourth-order valence-corrected chi connectivity index (χ4v) is 2.31. The predicted octanol–water partition coefficient (Wildman–Crippen LogP) is 3.16. The van der Waals surface area contributed by atoms with Gasteiger partial charge >= 0.3 is 0 Å². The maximum absolute atomic E-state index is 12.2. The molecule has 1 N–H and O–H groups in total. The summed E-state index contributed by atoms with van der Waals surface area (Å²) in [6.45, 7) is 4.46. The van der Waals surface area contributed by atoms with Crippen LogP contribution in [-0.2, 0) is 11.3 Å². The molecule has 0 aliphatic carbocycles. The maximum atomic E-state index is 12.2. The second-order valence-electron chi connectivity index (χ2n) is 4.92. The summed E-state index contributed by atoms with van der Waals surface area (Å²) in [5.41, 5.74) is 1.11. The fourth-order valence-electron chi connectivity index (χ4n) is 1.98. The van der Waals surface area contributed by atoms with Crippen molar-refractivity contribution >= 4 is 21.8 Å². The summed E-state index contributed by atoms with van der Waals surface area (Å²) < 4.78 is 2.68. The molecule has 1 amide bonds. The number of amides is 1. The smallest absolute Gasteiger partial charge is 0.225 e. The third kappa shape index (κ3) is 3.93. The topological polar surface area (TPSA) is 46.9 Å². The van der Waals surface area contributed by atoms with Crippen LogP contribution in [0.25, 0.3) is 0 Å². The Kier molecular flexibility index (Phi) is 4.95. The van der Waals surface area contributed by atoms with Crippen LogP contribution in [-0.4, -0.2) is 15.7 Å². The van der Waals surface area contributed by atoms with E-state index in [1.807, 2.05) is 50.4 Å². The number of nitrogens with zero attached hydrogens (tertiary/aromatic N) is 2. The Morgan fingerprint density at radius 1 is 1.35 bits per heavy atom. The molecule has 2 unspecified atom stereocenters. The molecule has 0 aliphatic heterocycles. The van der Waals surface area contributed by atoms with Gasteiger partial charge in [-0.15, -0.1) is 0 Å². The first-order valence-electron chi connectivity index (χ1n) is 6.59. The molecule has 0 bridgehead atoms.